The molecule has 0 aliphatic carbocycles. The Balaban J connectivity index is 2.48. The standard InChI is InChI=1S/C16H18O3/c1-3-13-19-15-11-9-14(10-12-15)7-5-6-8-16(17)18-4-2/h3,5-12H,1,4,13H2,2H3. The van der Waals surface area contributed by atoms with Crippen molar-refractivity contribution >= 4 is 12.0 Å². The van der Waals surface area contributed by atoms with E-state index in [0.29, 0.717) is 13.2 Å². The van der Waals surface area contributed by atoms with Gasteiger partial charge in [-0.05, 0) is 24.6 Å². The molecule has 0 saturated heterocycles. The van der Waals surface area contributed by atoms with Crippen LogP contribution in [-0.4, -0.2) is 19.2 Å². The van der Waals surface area contributed by atoms with Crippen LogP contribution in [0.3, 0.4) is 0 Å². The second kappa shape index (κ2) is 8.75. The van der Waals surface area contributed by atoms with Crippen molar-refractivity contribution in [3.63, 3.8) is 0 Å². The van der Waals surface area contributed by atoms with Gasteiger partial charge in [0, 0.05) is 6.08 Å². The van der Waals surface area contributed by atoms with Crippen LogP contribution in [0.15, 0.2) is 55.1 Å². The molecule has 0 unspecified atom stereocenters. The van der Waals surface area contributed by atoms with E-state index < -0.39 is 0 Å². The number of carbonyl (C=O) groups excluding carboxylic acids is 1. The highest BCUT2D eigenvalue weighted by Gasteiger charge is 1.92. The number of rotatable bonds is 7. The van der Waals surface area contributed by atoms with Gasteiger partial charge in [-0.3, -0.25) is 0 Å². The molecule has 1 aromatic carbocycles. The Morgan fingerprint density at radius 3 is 2.63 bits per heavy atom. The summed E-state index contributed by atoms with van der Waals surface area (Å²) in [4.78, 5) is 11.0. The molecule has 0 aliphatic heterocycles. The Morgan fingerprint density at radius 2 is 2.00 bits per heavy atom. The van der Waals surface area contributed by atoms with Crippen molar-refractivity contribution in [1.29, 1.82) is 0 Å². The number of hydrogen-bond acceptors (Lipinski definition) is 3. The van der Waals surface area contributed by atoms with E-state index >= 15 is 0 Å². The Morgan fingerprint density at radius 1 is 1.26 bits per heavy atom. The lowest BCUT2D eigenvalue weighted by Gasteiger charge is -2.02. The minimum absolute atomic E-state index is 0.333. The molecular formula is C16H18O3. The van der Waals surface area contributed by atoms with Crippen LogP contribution in [0.2, 0.25) is 0 Å². The minimum atomic E-state index is -0.333. The van der Waals surface area contributed by atoms with Gasteiger partial charge in [0.25, 0.3) is 0 Å². The summed E-state index contributed by atoms with van der Waals surface area (Å²) in [5.41, 5.74) is 1.03. The van der Waals surface area contributed by atoms with Crippen LogP contribution >= 0.6 is 0 Å². The molecule has 1 rings (SSSR count). The highest BCUT2D eigenvalue weighted by molar-refractivity contribution is 5.82. The molecule has 0 heterocycles. The summed E-state index contributed by atoms with van der Waals surface area (Å²) < 4.78 is 10.1. The highest BCUT2D eigenvalue weighted by atomic mass is 16.5. The Kier molecular flexibility index (Phi) is 6.80. The molecule has 0 aliphatic rings. The SMILES string of the molecule is C=CCOc1ccc(C=CC=CC(=O)OCC)cc1. The monoisotopic (exact) mass is 258 g/mol. The lowest BCUT2D eigenvalue weighted by atomic mass is 10.2. The number of hydrogen-bond donors (Lipinski definition) is 0. The van der Waals surface area contributed by atoms with Crippen molar-refractivity contribution < 1.29 is 14.3 Å². The zero-order chi connectivity index (χ0) is 13.9. The molecule has 0 radical (unpaired) electrons. The van der Waals surface area contributed by atoms with Gasteiger partial charge < -0.3 is 9.47 Å². The predicted octanol–water partition coefficient (Wildman–Crippen LogP) is 3.38. The number of benzene rings is 1. The van der Waals surface area contributed by atoms with Gasteiger partial charge in [0.15, 0.2) is 0 Å². The fourth-order valence-electron chi connectivity index (χ4n) is 1.32. The van der Waals surface area contributed by atoms with Crippen LogP contribution in [0.25, 0.3) is 6.08 Å². The van der Waals surface area contributed by atoms with Crippen molar-refractivity contribution in [2.75, 3.05) is 13.2 Å². The molecular weight excluding hydrogens is 240 g/mol. The topological polar surface area (TPSA) is 35.5 Å². The van der Waals surface area contributed by atoms with Gasteiger partial charge in [-0.2, -0.15) is 0 Å². The summed E-state index contributed by atoms with van der Waals surface area (Å²) in [6, 6.07) is 7.65. The van der Waals surface area contributed by atoms with Gasteiger partial charge >= 0.3 is 5.97 Å². The third-order valence-corrected chi connectivity index (χ3v) is 2.17. The first-order chi connectivity index (χ1) is 9.26. The quantitative estimate of drug-likeness (QED) is 0.325. The Bertz CT molecular complexity index is 455. The summed E-state index contributed by atoms with van der Waals surface area (Å²) in [6.45, 7) is 6.25. The number of esters is 1. The first-order valence-corrected chi connectivity index (χ1v) is 6.11. The highest BCUT2D eigenvalue weighted by Crippen LogP contribution is 2.13. The zero-order valence-corrected chi connectivity index (χ0v) is 11.0. The maximum atomic E-state index is 11.0. The summed E-state index contributed by atoms with van der Waals surface area (Å²) in [5.74, 6) is 0.472. The summed E-state index contributed by atoms with van der Waals surface area (Å²) in [6.07, 6.45) is 8.43. The number of carbonyl (C=O) groups is 1. The molecule has 0 saturated carbocycles. The van der Waals surface area contributed by atoms with E-state index in [4.69, 9.17) is 9.47 Å². The fourth-order valence-corrected chi connectivity index (χ4v) is 1.32. The van der Waals surface area contributed by atoms with Crippen LogP contribution in [-0.2, 0) is 9.53 Å². The van der Waals surface area contributed by atoms with Crippen LogP contribution < -0.4 is 4.74 Å². The van der Waals surface area contributed by atoms with E-state index in [1.165, 1.54) is 6.08 Å². The van der Waals surface area contributed by atoms with Gasteiger partial charge in [-0.1, -0.05) is 43.0 Å². The lowest BCUT2D eigenvalue weighted by molar-refractivity contribution is -0.137. The smallest absolute Gasteiger partial charge is 0.330 e. The van der Waals surface area contributed by atoms with Crippen LogP contribution in [0.5, 0.6) is 5.75 Å². The summed E-state index contributed by atoms with van der Waals surface area (Å²) >= 11 is 0. The molecule has 100 valence electrons. The lowest BCUT2D eigenvalue weighted by Crippen LogP contribution is -1.98. The second-order valence-corrected chi connectivity index (χ2v) is 3.64. The molecule has 0 fully saturated rings. The molecule has 1 aromatic rings. The molecule has 3 heteroatoms. The van der Waals surface area contributed by atoms with Crippen molar-refractivity contribution in [3.05, 3.63) is 60.7 Å². The first-order valence-electron chi connectivity index (χ1n) is 6.11. The van der Waals surface area contributed by atoms with Crippen molar-refractivity contribution in [2.45, 2.75) is 6.92 Å². The largest absolute Gasteiger partial charge is 0.490 e. The van der Waals surface area contributed by atoms with Crippen LogP contribution in [0.1, 0.15) is 12.5 Å². The van der Waals surface area contributed by atoms with Crippen LogP contribution in [0.4, 0.5) is 0 Å². The van der Waals surface area contributed by atoms with Crippen molar-refractivity contribution in [2.24, 2.45) is 0 Å². The molecule has 0 atom stereocenters. The fraction of sp³-hybridized carbons (Fsp3) is 0.188. The molecule has 0 amide bonds. The predicted molar refractivity (Wildman–Crippen MR) is 76.9 cm³/mol. The normalized spacial score (nSPS) is 10.8. The van der Waals surface area contributed by atoms with E-state index in [0.717, 1.165) is 11.3 Å². The summed E-state index contributed by atoms with van der Waals surface area (Å²) in [5, 5.41) is 0. The van der Waals surface area contributed by atoms with Crippen molar-refractivity contribution in [1.82, 2.24) is 0 Å². The molecule has 0 aromatic heterocycles. The molecule has 0 N–H and O–H groups in total. The first kappa shape index (κ1) is 14.8. The summed E-state index contributed by atoms with van der Waals surface area (Å²) in [7, 11) is 0. The van der Waals surface area contributed by atoms with E-state index in [1.807, 2.05) is 30.3 Å². The third kappa shape index (κ3) is 6.27. The average Bonchev–Trinajstić information content (AvgIpc) is 2.43. The number of ether oxygens (including phenoxy) is 2. The van der Waals surface area contributed by atoms with Gasteiger partial charge in [-0.15, -0.1) is 0 Å². The van der Waals surface area contributed by atoms with Gasteiger partial charge in [0.05, 0.1) is 6.61 Å². The Labute approximate surface area is 113 Å². The van der Waals surface area contributed by atoms with Gasteiger partial charge in [0.1, 0.15) is 12.4 Å². The maximum absolute atomic E-state index is 11.0. The zero-order valence-electron chi connectivity index (χ0n) is 11.0. The van der Waals surface area contributed by atoms with E-state index in [2.05, 4.69) is 6.58 Å². The van der Waals surface area contributed by atoms with Gasteiger partial charge in [0.2, 0.25) is 0 Å². The average molecular weight is 258 g/mol. The second-order valence-electron chi connectivity index (χ2n) is 3.64. The molecule has 0 spiro atoms. The van der Waals surface area contributed by atoms with Crippen molar-refractivity contribution in [3.8, 4) is 5.75 Å². The number of allylic oxidation sites excluding steroid dienone is 2. The maximum Gasteiger partial charge on any atom is 0.330 e. The third-order valence-electron chi connectivity index (χ3n) is 2.17. The van der Waals surface area contributed by atoms with Gasteiger partial charge in [-0.25, -0.2) is 4.79 Å². The minimum Gasteiger partial charge on any atom is -0.490 e. The van der Waals surface area contributed by atoms with Crippen LogP contribution in [0, 0.1) is 0 Å². The molecule has 0 bridgehead atoms. The van der Waals surface area contributed by atoms with E-state index in [9.17, 15) is 4.79 Å². The van der Waals surface area contributed by atoms with E-state index in [1.54, 1.807) is 25.2 Å². The molecule has 19 heavy (non-hydrogen) atoms. The molecule has 3 nitrogen and oxygen atoms in total. The van der Waals surface area contributed by atoms with E-state index in [-0.39, 0.29) is 5.97 Å². The Hall–Kier alpha value is -2.29.